The number of carbonyl (C=O) groups is 1. The van der Waals surface area contributed by atoms with Crippen molar-refractivity contribution in [1.82, 2.24) is 9.62 Å². The summed E-state index contributed by atoms with van der Waals surface area (Å²) in [5, 5.41) is 0. The fourth-order valence-corrected chi connectivity index (χ4v) is 4.51. The Labute approximate surface area is 116 Å². The van der Waals surface area contributed by atoms with E-state index in [2.05, 4.69) is 4.72 Å². The fraction of sp³-hybridized carbons (Fsp3) is 0.545. The first kappa shape index (κ1) is 14.4. The molecule has 1 fully saturated rings. The van der Waals surface area contributed by atoms with Crippen LogP contribution in [0.15, 0.2) is 16.3 Å². The van der Waals surface area contributed by atoms with E-state index >= 15 is 0 Å². The average molecular weight is 303 g/mol. The Morgan fingerprint density at radius 3 is 2.84 bits per heavy atom. The lowest BCUT2D eigenvalue weighted by molar-refractivity contribution is -0.132. The third-order valence-corrected chi connectivity index (χ3v) is 6.17. The van der Waals surface area contributed by atoms with Crippen LogP contribution in [0.25, 0.3) is 0 Å². The summed E-state index contributed by atoms with van der Waals surface area (Å²) in [6.07, 6.45) is 0.916. The first-order valence-electron chi connectivity index (χ1n) is 5.97. The normalized spacial score (nSPS) is 20.8. The number of likely N-dealkylation sites (N-methyl/N-ethyl adjacent to an activating group) is 1. The van der Waals surface area contributed by atoms with Crippen molar-refractivity contribution in [2.24, 2.45) is 5.73 Å². The third kappa shape index (κ3) is 3.33. The van der Waals surface area contributed by atoms with Crippen LogP contribution in [-0.4, -0.2) is 38.9 Å². The van der Waals surface area contributed by atoms with Gasteiger partial charge >= 0.3 is 0 Å². The molecule has 19 heavy (non-hydrogen) atoms. The maximum Gasteiger partial charge on any atom is 0.250 e. The SMILES string of the molecule is CN1CC(NS(=O)(=O)c2ccc(CN)s2)CCC1=O. The number of hydrogen-bond acceptors (Lipinski definition) is 5. The van der Waals surface area contributed by atoms with E-state index in [4.69, 9.17) is 5.73 Å². The zero-order valence-corrected chi connectivity index (χ0v) is 12.3. The summed E-state index contributed by atoms with van der Waals surface area (Å²) < 4.78 is 27.3. The maximum absolute atomic E-state index is 12.2. The van der Waals surface area contributed by atoms with Crippen LogP contribution in [0.3, 0.4) is 0 Å². The van der Waals surface area contributed by atoms with Crippen LogP contribution < -0.4 is 10.5 Å². The van der Waals surface area contributed by atoms with Crippen LogP contribution >= 0.6 is 11.3 Å². The second-order valence-electron chi connectivity index (χ2n) is 4.56. The van der Waals surface area contributed by atoms with Crippen molar-refractivity contribution < 1.29 is 13.2 Å². The maximum atomic E-state index is 12.2. The Kier molecular flexibility index (Phi) is 4.24. The van der Waals surface area contributed by atoms with Crippen LogP contribution in [-0.2, 0) is 21.4 Å². The van der Waals surface area contributed by atoms with Gasteiger partial charge in [0.25, 0.3) is 0 Å². The Bertz CT molecular complexity index is 567. The number of piperidine rings is 1. The molecule has 3 N–H and O–H groups in total. The summed E-state index contributed by atoms with van der Waals surface area (Å²) in [6, 6.07) is 3.05. The van der Waals surface area contributed by atoms with E-state index in [1.807, 2.05) is 0 Å². The number of amides is 1. The van der Waals surface area contributed by atoms with E-state index < -0.39 is 10.0 Å². The van der Waals surface area contributed by atoms with Crippen molar-refractivity contribution in [2.45, 2.75) is 29.6 Å². The lowest BCUT2D eigenvalue weighted by Crippen LogP contribution is -2.48. The highest BCUT2D eigenvalue weighted by atomic mass is 32.2. The predicted molar refractivity (Wildman–Crippen MR) is 73.2 cm³/mol. The van der Waals surface area contributed by atoms with Gasteiger partial charge in [0.15, 0.2) is 0 Å². The van der Waals surface area contributed by atoms with E-state index in [1.165, 1.54) is 11.3 Å². The van der Waals surface area contributed by atoms with Crippen molar-refractivity contribution in [2.75, 3.05) is 13.6 Å². The van der Waals surface area contributed by atoms with Gasteiger partial charge < -0.3 is 10.6 Å². The molecule has 1 aromatic rings. The molecule has 6 nitrogen and oxygen atoms in total. The summed E-state index contributed by atoms with van der Waals surface area (Å²) in [4.78, 5) is 13.7. The van der Waals surface area contributed by atoms with Crippen molar-refractivity contribution in [1.29, 1.82) is 0 Å². The molecular weight excluding hydrogens is 286 g/mol. The van der Waals surface area contributed by atoms with Crippen LogP contribution in [0.2, 0.25) is 0 Å². The van der Waals surface area contributed by atoms with Gasteiger partial charge in [-0.2, -0.15) is 0 Å². The molecule has 0 saturated carbocycles. The number of thiophene rings is 1. The van der Waals surface area contributed by atoms with E-state index in [-0.39, 0.29) is 16.2 Å². The van der Waals surface area contributed by atoms with Gasteiger partial charge in [-0.15, -0.1) is 11.3 Å². The first-order chi connectivity index (χ1) is 8.92. The van der Waals surface area contributed by atoms with Gasteiger partial charge in [0.2, 0.25) is 15.9 Å². The van der Waals surface area contributed by atoms with Crippen molar-refractivity contribution in [3.8, 4) is 0 Å². The van der Waals surface area contributed by atoms with Gasteiger partial charge in [0, 0.05) is 37.5 Å². The molecule has 2 heterocycles. The van der Waals surface area contributed by atoms with Gasteiger partial charge in [-0.25, -0.2) is 13.1 Å². The smallest absolute Gasteiger partial charge is 0.250 e. The molecule has 1 aliphatic rings. The Hall–Kier alpha value is -0.960. The second kappa shape index (κ2) is 5.58. The molecule has 0 bridgehead atoms. The molecular formula is C11H17N3O3S2. The molecule has 0 aliphatic carbocycles. The van der Waals surface area contributed by atoms with E-state index in [9.17, 15) is 13.2 Å². The van der Waals surface area contributed by atoms with E-state index in [0.717, 1.165) is 4.88 Å². The van der Waals surface area contributed by atoms with E-state index in [0.29, 0.717) is 25.9 Å². The van der Waals surface area contributed by atoms with Gasteiger partial charge in [0.05, 0.1) is 0 Å². The fourth-order valence-electron chi connectivity index (χ4n) is 2.00. The van der Waals surface area contributed by atoms with Crippen LogP contribution in [0.1, 0.15) is 17.7 Å². The molecule has 1 unspecified atom stereocenters. The second-order valence-corrected chi connectivity index (χ2v) is 7.67. The summed E-state index contributed by atoms with van der Waals surface area (Å²) >= 11 is 1.17. The molecule has 0 radical (unpaired) electrons. The standard InChI is InChI=1S/C11H17N3O3S2/c1-14-7-8(2-4-10(14)15)13-19(16,17)11-5-3-9(6-12)18-11/h3,5,8,13H,2,4,6-7,12H2,1H3. The van der Waals surface area contributed by atoms with Gasteiger partial charge in [-0.05, 0) is 18.6 Å². The van der Waals surface area contributed by atoms with Gasteiger partial charge in [0.1, 0.15) is 4.21 Å². The minimum absolute atomic E-state index is 0.0528. The summed E-state index contributed by atoms with van der Waals surface area (Å²) in [5.74, 6) is 0.0528. The van der Waals surface area contributed by atoms with Gasteiger partial charge in [-0.3, -0.25) is 4.79 Å². The highest BCUT2D eigenvalue weighted by Crippen LogP contribution is 2.22. The molecule has 0 spiro atoms. The van der Waals surface area contributed by atoms with Gasteiger partial charge in [-0.1, -0.05) is 0 Å². The number of nitrogens with one attached hydrogen (secondary N) is 1. The van der Waals surface area contributed by atoms with Crippen LogP contribution in [0, 0.1) is 0 Å². The van der Waals surface area contributed by atoms with E-state index in [1.54, 1.807) is 24.1 Å². The molecule has 1 atom stereocenters. The third-order valence-electron chi connectivity index (χ3n) is 3.05. The quantitative estimate of drug-likeness (QED) is 0.825. The zero-order chi connectivity index (χ0) is 14.0. The minimum Gasteiger partial charge on any atom is -0.344 e. The molecule has 8 heteroatoms. The molecule has 2 rings (SSSR count). The molecule has 106 valence electrons. The average Bonchev–Trinajstić information content (AvgIpc) is 2.83. The lowest BCUT2D eigenvalue weighted by atomic mass is 10.1. The monoisotopic (exact) mass is 303 g/mol. The van der Waals surface area contributed by atoms with Crippen molar-refractivity contribution in [3.05, 3.63) is 17.0 Å². The number of likely N-dealkylation sites (tertiary alicyclic amines) is 1. The highest BCUT2D eigenvalue weighted by molar-refractivity contribution is 7.91. The number of nitrogens with zero attached hydrogens (tertiary/aromatic N) is 1. The Balaban J connectivity index is 2.07. The number of nitrogens with two attached hydrogens (primary N) is 1. The molecule has 1 aliphatic heterocycles. The largest absolute Gasteiger partial charge is 0.344 e. The molecule has 0 aromatic carbocycles. The minimum atomic E-state index is -3.52. The lowest BCUT2D eigenvalue weighted by Gasteiger charge is -2.29. The highest BCUT2D eigenvalue weighted by Gasteiger charge is 2.27. The number of carbonyl (C=O) groups excluding carboxylic acids is 1. The Morgan fingerprint density at radius 2 is 2.26 bits per heavy atom. The number of sulfonamides is 1. The van der Waals surface area contributed by atoms with Crippen molar-refractivity contribution in [3.63, 3.8) is 0 Å². The number of rotatable bonds is 4. The number of hydrogen-bond donors (Lipinski definition) is 2. The molecule has 1 amide bonds. The molecule has 1 aromatic heterocycles. The van der Waals surface area contributed by atoms with Crippen LogP contribution in [0.5, 0.6) is 0 Å². The summed E-state index contributed by atoms with van der Waals surface area (Å²) in [7, 11) is -1.83. The topological polar surface area (TPSA) is 92.5 Å². The first-order valence-corrected chi connectivity index (χ1v) is 8.27. The zero-order valence-electron chi connectivity index (χ0n) is 10.6. The van der Waals surface area contributed by atoms with Crippen LogP contribution in [0.4, 0.5) is 0 Å². The Morgan fingerprint density at radius 1 is 1.53 bits per heavy atom. The predicted octanol–water partition coefficient (Wildman–Crippen LogP) is 0.106. The van der Waals surface area contributed by atoms with Crippen molar-refractivity contribution >= 4 is 27.3 Å². The summed E-state index contributed by atoms with van der Waals surface area (Å²) in [5.41, 5.74) is 5.48. The molecule has 1 saturated heterocycles. The summed E-state index contributed by atoms with van der Waals surface area (Å²) in [6.45, 7) is 0.744.